The third-order valence-corrected chi connectivity index (χ3v) is 4.93. The molecule has 1 aliphatic carbocycles. The Balaban J connectivity index is 1.76. The number of aromatic nitrogens is 2. The topological polar surface area (TPSA) is 37.8 Å². The van der Waals surface area contributed by atoms with E-state index in [1.807, 2.05) is 7.05 Å². The largest absolute Gasteiger partial charge is 0.373 e. The summed E-state index contributed by atoms with van der Waals surface area (Å²) in [6, 6.07) is 8.35. The SMILES string of the molecule is CNc1nc(CSc2ccc(Br)cc2)nc2c1CCC2. The zero-order chi connectivity index (χ0) is 13.9. The fourth-order valence-electron chi connectivity index (χ4n) is 2.43. The fraction of sp³-hybridized carbons (Fsp3) is 0.333. The Morgan fingerprint density at radius 2 is 2.00 bits per heavy atom. The van der Waals surface area contributed by atoms with Crippen molar-refractivity contribution in [2.45, 2.75) is 29.9 Å². The molecule has 2 aromatic rings. The van der Waals surface area contributed by atoms with E-state index in [0.29, 0.717) is 0 Å². The highest BCUT2D eigenvalue weighted by Gasteiger charge is 2.18. The van der Waals surface area contributed by atoms with E-state index >= 15 is 0 Å². The van der Waals surface area contributed by atoms with Crippen molar-refractivity contribution in [2.75, 3.05) is 12.4 Å². The average Bonchev–Trinajstić information content (AvgIpc) is 2.94. The van der Waals surface area contributed by atoms with Gasteiger partial charge in [-0.15, -0.1) is 11.8 Å². The molecule has 3 nitrogen and oxygen atoms in total. The molecule has 0 amide bonds. The second-order valence-electron chi connectivity index (χ2n) is 4.76. The molecule has 1 N–H and O–H groups in total. The van der Waals surface area contributed by atoms with Crippen LogP contribution in [-0.4, -0.2) is 17.0 Å². The van der Waals surface area contributed by atoms with Crippen LogP contribution in [0.15, 0.2) is 33.6 Å². The molecule has 1 aromatic carbocycles. The van der Waals surface area contributed by atoms with Crippen LogP contribution in [0.2, 0.25) is 0 Å². The van der Waals surface area contributed by atoms with Gasteiger partial charge in [-0.1, -0.05) is 15.9 Å². The number of hydrogen-bond donors (Lipinski definition) is 1. The molecule has 0 atom stereocenters. The van der Waals surface area contributed by atoms with Crippen molar-refractivity contribution in [3.63, 3.8) is 0 Å². The van der Waals surface area contributed by atoms with Gasteiger partial charge in [0.05, 0.1) is 5.75 Å². The maximum absolute atomic E-state index is 4.71. The van der Waals surface area contributed by atoms with Gasteiger partial charge < -0.3 is 5.32 Å². The normalized spacial score (nSPS) is 13.3. The highest BCUT2D eigenvalue weighted by Crippen LogP contribution is 2.28. The molecule has 5 heteroatoms. The Morgan fingerprint density at radius 1 is 1.20 bits per heavy atom. The van der Waals surface area contributed by atoms with E-state index < -0.39 is 0 Å². The summed E-state index contributed by atoms with van der Waals surface area (Å²) >= 11 is 5.23. The summed E-state index contributed by atoms with van der Waals surface area (Å²) in [5.74, 6) is 2.74. The van der Waals surface area contributed by atoms with Crippen molar-refractivity contribution >= 4 is 33.5 Å². The first-order valence-corrected chi connectivity index (χ1v) is 8.49. The smallest absolute Gasteiger partial charge is 0.141 e. The minimum atomic E-state index is 0.809. The third-order valence-electron chi connectivity index (χ3n) is 3.40. The number of nitrogens with zero attached hydrogens (tertiary/aromatic N) is 2. The Bertz CT molecular complexity index is 613. The first kappa shape index (κ1) is 13.9. The number of benzene rings is 1. The number of hydrogen-bond acceptors (Lipinski definition) is 4. The van der Waals surface area contributed by atoms with E-state index in [-0.39, 0.29) is 0 Å². The molecule has 0 unspecified atom stereocenters. The summed E-state index contributed by atoms with van der Waals surface area (Å²) in [5.41, 5.74) is 2.54. The van der Waals surface area contributed by atoms with Crippen LogP contribution < -0.4 is 5.32 Å². The lowest BCUT2D eigenvalue weighted by atomic mass is 10.2. The molecule has 0 spiro atoms. The molecule has 0 saturated carbocycles. The summed E-state index contributed by atoms with van der Waals surface area (Å²) in [7, 11) is 1.94. The monoisotopic (exact) mass is 349 g/mol. The van der Waals surface area contributed by atoms with E-state index in [1.165, 1.54) is 22.6 Å². The second-order valence-corrected chi connectivity index (χ2v) is 6.72. The summed E-state index contributed by atoms with van der Waals surface area (Å²) in [5, 5.41) is 3.21. The van der Waals surface area contributed by atoms with E-state index in [1.54, 1.807) is 11.8 Å². The van der Waals surface area contributed by atoms with Crippen LogP contribution in [0, 0.1) is 0 Å². The first-order valence-electron chi connectivity index (χ1n) is 6.71. The molecule has 0 bridgehead atoms. The van der Waals surface area contributed by atoms with Crippen LogP contribution in [0.4, 0.5) is 5.82 Å². The lowest BCUT2D eigenvalue weighted by Crippen LogP contribution is -2.05. The van der Waals surface area contributed by atoms with Crippen LogP contribution in [-0.2, 0) is 18.6 Å². The van der Waals surface area contributed by atoms with Crippen molar-refractivity contribution in [3.05, 3.63) is 45.8 Å². The van der Waals surface area contributed by atoms with Crippen molar-refractivity contribution in [1.82, 2.24) is 9.97 Å². The molecule has 0 fully saturated rings. The molecule has 0 radical (unpaired) electrons. The fourth-order valence-corrected chi connectivity index (χ4v) is 3.45. The lowest BCUT2D eigenvalue weighted by molar-refractivity contribution is 0.893. The number of fused-ring (bicyclic) bond motifs is 1. The molecular formula is C15H16BrN3S. The quantitative estimate of drug-likeness (QED) is 0.844. The van der Waals surface area contributed by atoms with Crippen molar-refractivity contribution in [2.24, 2.45) is 0 Å². The Hall–Kier alpha value is -1.07. The Kier molecular flexibility index (Phi) is 4.27. The van der Waals surface area contributed by atoms with Gasteiger partial charge in [-0.3, -0.25) is 0 Å². The predicted octanol–water partition coefficient (Wildman–Crippen LogP) is 4.06. The minimum Gasteiger partial charge on any atom is -0.373 e. The number of anilines is 1. The Morgan fingerprint density at radius 3 is 2.75 bits per heavy atom. The molecule has 0 aliphatic heterocycles. The highest BCUT2D eigenvalue weighted by molar-refractivity contribution is 9.10. The molecule has 1 heterocycles. The van der Waals surface area contributed by atoms with Gasteiger partial charge in [0.15, 0.2) is 0 Å². The Labute approximate surface area is 131 Å². The summed E-state index contributed by atoms with van der Waals surface area (Å²) in [6.45, 7) is 0. The summed E-state index contributed by atoms with van der Waals surface area (Å²) in [6.07, 6.45) is 3.39. The molecule has 1 aliphatic rings. The van der Waals surface area contributed by atoms with Gasteiger partial charge in [0, 0.05) is 27.7 Å². The van der Waals surface area contributed by atoms with Crippen LogP contribution in [0.5, 0.6) is 0 Å². The zero-order valence-corrected chi connectivity index (χ0v) is 13.7. The minimum absolute atomic E-state index is 0.809. The maximum Gasteiger partial charge on any atom is 0.141 e. The number of halogens is 1. The second kappa shape index (κ2) is 6.14. The summed E-state index contributed by atoms with van der Waals surface area (Å²) in [4.78, 5) is 10.6. The van der Waals surface area contributed by atoms with Gasteiger partial charge in [0.1, 0.15) is 11.6 Å². The lowest BCUT2D eigenvalue weighted by Gasteiger charge is -2.09. The van der Waals surface area contributed by atoms with Gasteiger partial charge in [-0.25, -0.2) is 9.97 Å². The van der Waals surface area contributed by atoms with Gasteiger partial charge in [-0.2, -0.15) is 0 Å². The number of aryl methyl sites for hydroxylation is 1. The highest BCUT2D eigenvalue weighted by atomic mass is 79.9. The van der Waals surface area contributed by atoms with E-state index in [0.717, 1.165) is 34.7 Å². The zero-order valence-electron chi connectivity index (χ0n) is 11.3. The number of thioether (sulfide) groups is 1. The molecule has 1 aromatic heterocycles. The van der Waals surface area contributed by atoms with E-state index in [4.69, 9.17) is 4.98 Å². The van der Waals surface area contributed by atoms with Gasteiger partial charge in [0.2, 0.25) is 0 Å². The van der Waals surface area contributed by atoms with E-state index in [2.05, 4.69) is 50.5 Å². The first-order chi connectivity index (χ1) is 9.76. The van der Waals surface area contributed by atoms with Crippen molar-refractivity contribution < 1.29 is 0 Å². The van der Waals surface area contributed by atoms with Gasteiger partial charge in [-0.05, 0) is 43.5 Å². The molecule has 104 valence electrons. The average molecular weight is 350 g/mol. The van der Waals surface area contributed by atoms with Crippen molar-refractivity contribution in [1.29, 1.82) is 0 Å². The van der Waals surface area contributed by atoms with Crippen LogP contribution >= 0.6 is 27.7 Å². The van der Waals surface area contributed by atoms with Crippen molar-refractivity contribution in [3.8, 4) is 0 Å². The molecule has 20 heavy (non-hydrogen) atoms. The van der Waals surface area contributed by atoms with Gasteiger partial charge >= 0.3 is 0 Å². The number of nitrogens with one attached hydrogen (secondary N) is 1. The van der Waals surface area contributed by atoms with Crippen LogP contribution in [0.3, 0.4) is 0 Å². The van der Waals surface area contributed by atoms with Crippen LogP contribution in [0.1, 0.15) is 23.5 Å². The van der Waals surface area contributed by atoms with Crippen LogP contribution in [0.25, 0.3) is 0 Å². The third kappa shape index (κ3) is 2.99. The molecular weight excluding hydrogens is 334 g/mol. The molecule has 3 rings (SSSR count). The van der Waals surface area contributed by atoms with Gasteiger partial charge in [0.25, 0.3) is 0 Å². The standard InChI is InChI=1S/C15H16BrN3S/c1-17-15-12-3-2-4-13(12)18-14(19-15)9-20-11-7-5-10(16)6-8-11/h5-8H,2-4,9H2,1H3,(H,17,18,19). The van der Waals surface area contributed by atoms with E-state index in [9.17, 15) is 0 Å². The summed E-state index contributed by atoms with van der Waals surface area (Å²) < 4.78 is 1.10. The molecule has 0 saturated heterocycles. The maximum atomic E-state index is 4.71. The number of rotatable bonds is 4. The predicted molar refractivity (Wildman–Crippen MR) is 87.3 cm³/mol.